The van der Waals surface area contributed by atoms with Gasteiger partial charge in [-0.15, -0.1) is 0 Å². The topological polar surface area (TPSA) is 0 Å². The van der Waals surface area contributed by atoms with E-state index in [2.05, 4.69) is 179 Å². The van der Waals surface area contributed by atoms with Gasteiger partial charge in [-0.3, -0.25) is 0 Å². The second-order valence-electron chi connectivity index (χ2n) is 11.1. The molecule has 0 atom stereocenters. The van der Waals surface area contributed by atoms with E-state index in [0.717, 1.165) is 25.7 Å². The quantitative estimate of drug-likeness (QED) is 0.136. The Hall–Kier alpha value is -3.38. The molecule has 0 aliphatic heterocycles. The van der Waals surface area contributed by atoms with Gasteiger partial charge >= 0.3 is 0 Å². The fourth-order valence-corrected chi connectivity index (χ4v) is 3.41. The summed E-state index contributed by atoms with van der Waals surface area (Å²) in [7, 11) is 0. The Bertz CT molecular complexity index is 1050. The van der Waals surface area contributed by atoms with Crippen molar-refractivity contribution in [2.45, 2.75) is 94.9 Å². The van der Waals surface area contributed by atoms with Crippen molar-refractivity contribution in [3.63, 3.8) is 0 Å². The monoisotopic (exact) mass is 536 g/mol. The summed E-state index contributed by atoms with van der Waals surface area (Å²) in [5.74, 6) is 0. The van der Waals surface area contributed by atoms with E-state index in [1.54, 1.807) is 0 Å². The largest absolute Gasteiger partial charge is 0.0856 e. The van der Waals surface area contributed by atoms with Gasteiger partial charge in [0.2, 0.25) is 0 Å². The molecule has 0 nitrogen and oxygen atoms in total. The molecule has 0 N–H and O–H groups in total. The van der Waals surface area contributed by atoms with Crippen molar-refractivity contribution in [1.82, 2.24) is 0 Å². The zero-order valence-corrected chi connectivity index (χ0v) is 27.2. The van der Waals surface area contributed by atoms with Crippen LogP contribution in [0.25, 0.3) is 0 Å². The summed E-state index contributed by atoms with van der Waals surface area (Å²) in [6, 6.07) is 0. The molecule has 0 radical (unpaired) electrons. The summed E-state index contributed by atoms with van der Waals surface area (Å²) >= 11 is 0. The number of rotatable bonds is 16. The molecule has 0 bridgehead atoms. The van der Waals surface area contributed by atoms with Crippen LogP contribution in [0.3, 0.4) is 0 Å². The Morgan fingerprint density at radius 2 is 0.625 bits per heavy atom. The van der Waals surface area contributed by atoms with Gasteiger partial charge in [0.1, 0.15) is 0 Å². The maximum Gasteiger partial charge on any atom is -0.0285 e. The molecule has 0 heterocycles. The highest BCUT2D eigenvalue weighted by Gasteiger charge is 1.88. The second-order valence-corrected chi connectivity index (χ2v) is 11.1. The molecule has 0 aliphatic carbocycles. The van der Waals surface area contributed by atoms with Gasteiger partial charge in [0.05, 0.1) is 0 Å². The van der Waals surface area contributed by atoms with Crippen molar-refractivity contribution in [3.05, 3.63) is 154 Å². The van der Waals surface area contributed by atoms with E-state index in [9.17, 15) is 0 Å². The zero-order chi connectivity index (χ0) is 30.2. The lowest BCUT2D eigenvalue weighted by atomic mass is 10.1. The summed E-state index contributed by atoms with van der Waals surface area (Å²) in [5, 5.41) is 0. The van der Waals surface area contributed by atoms with Gasteiger partial charge in [-0.25, -0.2) is 0 Å². The first kappa shape index (κ1) is 36.6. The minimum Gasteiger partial charge on any atom is -0.0856 e. The normalized spacial score (nSPS) is 15.1. The van der Waals surface area contributed by atoms with Gasteiger partial charge < -0.3 is 0 Å². The summed E-state index contributed by atoms with van der Waals surface area (Å²) in [4.78, 5) is 0. The molecule has 0 spiro atoms. The van der Waals surface area contributed by atoms with Crippen LogP contribution in [0.5, 0.6) is 0 Å². The molecule has 0 heteroatoms. The zero-order valence-electron chi connectivity index (χ0n) is 27.2. The third-order valence-electron chi connectivity index (χ3n) is 5.93. The van der Waals surface area contributed by atoms with E-state index in [0.29, 0.717) is 0 Å². The van der Waals surface area contributed by atoms with Crippen LogP contribution < -0.4 is 0 Å². The average Bonchev–Trinajstić information content (AvgIpc) is 2.86. The summed E-state index contributed by atoms with van der Waals surface area (Å²) in [6.07, 6.45) is 43.3. The van der Waals surface area contributed by atoms with Crippen LogP contribution in [-0.2, 0) is 0 Å². The molecule has 0 saturated heterocycles. The van der Waals surface area contributed by atoms with Crippen molar-refractivity contribution in [1.29, 1.82) is 0 Å². The first-order valence-electron chi connectivity index (χ1n) is 14.7. The van der Waals surface area contributed by atoms with Gasteiger partial charge in [0, 0.05) is 0 Å². The van der Waals surface area contributed by atoms with Crippen molar-refractivity contribution >= 4 is 0 Å². The molecule has 0 rings (SSSR count). The molecule has 0 aliphatic rings. The minimum absolute atomic E-state index is 1.12. The van der Waals surface area contributed by atoms with Crippen molar-refractivity contribution in [3.8, 4) is 0 Å². The van der Waals surface area contributed by atoms with Crippen molar-refractivity contribution < 1.29 is 0 Å². The molecule has 0 aromatic carbocycles. The van der Waals surface area contributed by atoms with Crippen LogP contribution in [0.2, 0.25) is 0 Å². The summed E-state index contributed by atoms with van der Waals surface area (Å²) in [5.41, 5.74) is 10.5. The first-order valence-corrected chi connectivity index (χ1v) is 14.7. The molecule has 216 valence electrons. The number of hydrogen-bond donors (Lipinski definition) is 0. The lowest BCUT2D eigenvalue weighted by Crippen LogP contribution is -1.76. The molecular weight excluding hydrogens is 480 g/mol. The van der Waals surface area contributed by atoms with Gasteiger partial charge in [0.25, 0.3) is 0 Å². The van der Waals surface area contributed by atoms with Gasteiger partial charge in [0.15, 0.2) is 0 Å². The van der Waals surface area contributed by atoms with E-state index in [4.69, 9.17) is 0 Å². The van der Waals surface area contributed by atoms with E-state index >= 15 is 0 Å². The molecule has 0 aromatic heterocycles. The minimum atomic E-state index is 1.12. The summed E-state index contributed by atoms with van der Waals surface area (Å²) in [6.45, 7) is 21.5. The maximum atomic E-state index is 2.30. The van der Waals surface area contributed by atoms with Crippen LogP contribution >= 0.6 is 0 Å². The highest BCUT2D eigenvalue weighted by atomic mass is 13.9. The van der Waals surface area contributed by atoms with E-state index < -0.39 is 0 Å². The molecule has 0 unspecified atom stereocenters. The van der Waals surface area contributed by atoms with Crippen LogP contribution in [0.4, 0.5) is 0 Å². The average molecular weight is 537 g/mol. The second kappa shape index (κ2) is 23.5. The fraction of sp³-hybridized carbons (Fsp3) is 0.350. The SMILES string of the molecule is CC(C)=CCC\C(C)=C/C=C\C(C)=C\C=C\C(C)=C\C=C\C=C(C)/C=C/C=C(C)/C=C/C=C(\C)CCC=C(C)C. The number of allylic oxidation sites excluding steroid dienone is 26. The predicted octanol–water partition coefficient (Wildman–Crippen LogP) is 12.9. The Labute approximate surface area is 248 Å². The van der Waals surface area contributed by atoms with E-state index in [1.165, 1.54) is 44.6 Å². The Morgan fingerprint density at radius 1 is 0.350 bits per heavy atom. The molecule has 0 amide bonds. The lowest BCUT2D eigenvalue weighted by Gasteiger charge is -1.96. The van der Waals surface area contributed by atoms with Crippen molar-refractivity contribution in [2.75, 3.05) is 0 Å². The van der Waals surface area contributed by atoms with Crippen LogP contribution in [0, 0.1) is 0 Å². The first-order chi connectivity index (χ1) is 19.0. The van der Waals surface area contributed by atoms with E-state index in [1.807, 2.05) is 0 Å². The Balaban J connectivity index is 4.70. The highest BCUT2D eigenvalue weighted by molar-refractivity contribution is 5.32. The smallest absolute Gasteiger partial charge is 0.0285 e. The van der Waals surface area contributed by atoms with Gasteiger partial charge in [-0.05, 0) is 94.9 Å². The third-order valence-corrected chi connectivity index (χ3v) is 5.93. The summed E-state index contributed by atoms with van der Waals surface area (Å²) < 4.78 is 0. The van der Waals surface area contributed by atoms with Gasteiger partial charge in [-0.2, -0.15) is 0 Å². The molecule has 0 aromatic rings. The Morgan fingerprint density at radius 3 is 0.925 bits per heavy atom. The van der Waals surface area contributed by atoms with Crippen molar-refractivity contribution in [2.24, 2.45) is 0 Å². The molecule has 40 heavy (non-hydrogen) atoms. The maximum absolute atomic E-state index is 2.30. The number of hydrogen-bond acceptors (Lipinski definition) is 0. The van der Waals surface area contributed by atoms with Crippen LogP contribution in [-0.4, -0.2) is 0 Å². The molecule has 0 saturated carbocycles. The fourth-order valence-electron chi connectivity index (χ4n) is 3.41. The lowest BCUT2D eigenvalue weighted by molar-refractivity contribution is 0.967. The van der Waals surface area contributed by atoms with Crippen LogP contribution in [0.15, 0.2) is 154 Å². The standard InChI is InChI=1S/C40H56/c1-33(2)19-13-23-37(7)27-17-31-39(9)29-15-25-35(5)21-11-12-22-36(6)26-16-30-40(10)32-18-28-38(8)24-14-20-34(3)4/h11-12,15-22,25-32H,13-14,23-24H2,1-10H3/b12-11+,25-15+,26-16+,31-17-,32-18+,35-21+,36-22-,37-27-,38-28+,39-29+,40-30+. The highest BCUT2D eigenvalue weighted by Crippen LogP contribution is 2.09. The molecular formula is C40H56. The van der Waals surface area contributed by atoms with Crippen LogP contribution in [0.1, 0.15) is 94.9 Å². The third kappa shape index (κ3) is 24.9. The van der Waals surface area contributed by atoms with Gasteiger partial charge in [-0.1, -0.05) is 154 Å². The van der Waals surface area contributed by atoms with E-state index in [-0.39, 0.29) is 0 Å². The molecule has 0 fully saturated rings. The Kier molecular flexibility index (Phi) is 21.5. The predicted molar refractivity (Wildman–Crippen MR) is 186 cm³/mol.